The van der Waals surface area contributed by atoms with Crippen molar-refractivity contribution in [2.24, 2.45) is 5.16 Å². The minimum absolute atomic E-state index is 0.0906. The highest BCUT2D eigenvalue weighted by Gasteiger charge is 2.03. The Kier molecular flexibility index (Phi) is 4.47. The van der Waals surface area contributed by atoms with Crippen LogP contribution in [-0.4, -0.2) is 6.21 Å². The first-order valence-corrected chi connectivity index (χ1v) is 5.80. The van der Waals surface area contributed by atoms with Crippen molar-refractivity contribution in [1.82, 2.24) is 0 Å². The molecule has 2 rings (SSSR count). The summed E-state index contributed by atoms with van der Waals surface area (Å²) in [4.78, 5) is 4.89. The second-order valence-electron chi connectivity index (χ2n) is 3.72. The Morgan fingerprint density at radius 2 is 1.84 bits per heavy atom. The number of benzene rings is 2. The molecule has 0 aliphatic carbocycles. The van der Waals surface area contributed by atoms with Crippen LogP contribution >= 0.6 is 11.6 Å². The summed E-state index contributed by atoms with van der Waals surface area (Å²) >= 11 is 5.72. The Morgan fingerprint density at radius 1 is 1.11 bits per heavy atom. The summed E-state index contributed by atoms with van der Waals surface area (Å²) in [5.74, 6) is -1.29. The molecule has 0 fully saturated rings. The zero-order valence-corrected chi connectivity index (χ0v) is 10.5. The van der Waals surface area contributed by atoms with Crippen molar-refractivity contribution in [3.63, 3.8) is 0 Å². The minimum atomic E-state index is -0.665. The quantitative estimate of drug-likeness (QED) is 0.612. The van der Waals surface area contributed by atoms with Gasteiger partial charge in [0.1, 0.15) is 24.5 Å². The van der Waals surface area contributed by atoms with Gasteiger partial charge >= 0.3 is 0 Å². The highest BCUT2D eigenvalue weighted by molar-refractivity contribution is 6.30. The van der Waals surface area contributed by atoms with E-state index >= 15 is 0 Å². The van der Waals surface area contributed by atoms with E-state index in [0.29, 0.717) is 10.6 Å². The molecule has 0 N–H and O–H groups in total. The van der Waals surface area contributed by atoms with Crippen LogP contribution in [0, 0.1) is 11.6 Å². The molecule has 2 aromatic rings. The van der Waals surface area contributed by atoms with Gasteiger partial charge in [-0.2, -0.15) is 0 Å². The molecule has 0 bridgehead atoms. The topological polar surface area (TPSA) is 21.6 Å². The molecule has 0 aliphatic heterocycles. The minimum Gasteiger partial charge on any atom is -0.390 e. The van der Waals surface area contributed by atoms with Crippen LogP contribution in [0.3, 0.4) is 0 Å². The lowest BCUT2D eigenvalue weighted by atomic mass is 10.2. The molecular formula is C14H9ClF2NO. The van der Waals surface area contributed by atoms with Crippen LogP contribution < -0.4 is 0 Å². The Hall–Kier alpha value is -1.94. The van der Waals surface area contributed by atoms with E-state index in [4.69, 9.17) is 16.4 Å². The van der Waals surface area contributed by atoms with E-state index in [1.54, 1.807) is 24.3 Å². The summed E-state index contributed by atoms with van der Waals surface area (Å²) in [5, 5.41) is 4.19. The Labute approximate surface area is 114 Å². The summed E-state index contributed by atoms with van der Waals surface area (Å²) in [6.45, 7) is -0.0906. The average molecular weight is 281 g/mol. The predicted octanol–water partition coefficient (Wildman–Crippen LogP) is 4.05. The lowest BCUT2D eigenvalue weighted by Gasteiger charge is -2.01. The van der Waals surface area contributed by atoms with Crippen molar-refractivity contribution in [1.29, 1.82) is 0 Å². The molecule has 2 aromatic carbocycles. The Morgan fingerprint density at radius 3 is 2.53 bits per heavy atom. The fourth-order valence-electron chi connectivity index (χ4n) is 1.35. The van der Waals surface area contributed by atoms with Gasteiger partial charge in [-0.05, 0) is 24.3 Å². The van der Waals surface area contributed by atoms with Gasteiger partial charge in [0.05, 0.1) is 0 Å². The van der Waals surface area contributed by atoms with E-state index in [-0.39, 0.29) is 12.2 Å². The molecule has 0 unspecified atom stereocenters. The number of halogens is 3. The lowest BCUT2D eigenvalue weighted by molar-refractivity contribution is 0.129. The maximum absolute atomic E-state index is 13.2. The van der Waals surface area contributed by atoms with Crippen LogP contribution in [0.4, 0.5) is 8.78 Å². The van der Waals surface area contributed by atoms with Crippen LogP contribution in [0.15, 0.2) is 47.6 Å². The van der Waals surface area contributed by atoms with Crippen LogP contribution in [0.25, 0.3) is 0 Å². The van der Waals surface area contributed by atoms with Gasteiger partial charge in [-0.1, -0.05) is 28.9 Å². The van der Waals surface area contributed by atoms with Crippen molar-refractivity contribution in [3.8, 4) is 0 Å². The van der Waals surface area contributed by atoms with E-state index in [2.05, 4.69) is 11.4 Å². The largest absolute Gasteiger partial charge is 0.390 e. The summed E-state index contributed by atoms with van der Waals surface area (Å²) in [6, 6.07) is 10.1. The molecule has 1 radical (unpaired) electrons. The normalized spacial score (nSPS) is 10.9. The molecule has 0 saturated carbocycles. The second-order valence-corrected chi connectivity index (χ2v) is 4.16. The van der Waals surface area contributed by atoms with Gasteiger partial charge < -0.3 is 4.84 Å². The van der Waals surface area contributed by atoms with Crippen molar-refractivity contribution in [2.45, 2.75) is 6.61 Å². The third kappa shape index (κ3) is 4.03. The molecule has 2 nitrogen and oxygen atoms in total. The number of rotatable bonds is 4. The van der Waals surface area contributed by atoms with Crippen LogP contribution in [0.5, 0.6) is 0 Å². The van der Waals surface area contributed by atoms with Gasteiger partial charge in [-0.15, -0.1) is 0 Å². The smallest absolute Gasteiger partial charge is 0.145 e. The van der Waals surface area contributed by atoms with Crippen molar-refractivity contribution in [2.75, 3.05) is 0 Å². The van der Waals surface area contributed by atoms with Gasteiger partial charge in [0, 0.05) is 22.2 Å². The van der Waals surface area contributed by atoms with E-state index in [1.165, 1.54) is 6.07 Å². The van der Waals surface area contributed by atoms with E-state index < -0.39 is 11.6 Å². The molecule has 97 valence electrons. The highest BCUT2D eigenvalue weighted by Crippen LogP contribution is 2.11. The molecule has 19 heavy (non-hydrogen) atoms. The van der Waals surface area contributed by atoms with Crippen molar-refractivity contribution >= 4 is 17.8 Å². The molecular weight excluding hydrogens is 272 g/mol. The summed E-state index contributed by atoms with van der Waals surface area (Å²) < 4.78 is 25.9. The van der Waals surface area contributed by atoms with Crippen LogP contribution in [0.1, 0.15) is 11.1 Å². The van der Waals surface area contributed by atoms with E-state index in [0.717, 1.165) is 12.1 Å². The molecule has 5 heteroatoms. The van der Waals surface area contributed by atoms with Gasteiger partial charge in [-0.3, -0.25) is 0 Å². The molecule has 0 aromatic heterocycles. The highest BCUT2D eigenvalue weighted by atomic mass is 35.5. The van der Waals surface area contributed by atoms with Gasteiger partial charge in [0.15, 0.2) is 0 Å². The number of hydrogen-bond acceptors (Lipinski definition) is 2. The molecule has 0 amide bonds. The van der Waals surface area contributed by atoms with Crippen LogP contribution in [0.2, 0.25) is 5.02 Å². The Bertz CT molecular complexity index is 584. The monoisotopic (exact) mass is 280 g/mol. The standard InChI is InChI=1S/C14H9ClF2NO/c15-12-4-1-10(2-5-12)8-18-19-9-11-3-6-13(16)7-14(11)17/h1-7H,9H2. The van der Waals surface area contributed by atoms with Crippen molar-refractivity contribution in [3.05, 3.63) is 70.2 Å². The first-order valence-electron chi connectivity index (χ1n) is 5.42. The number of hydrogen-bond donors (Lipinski definition) is 0. The Balaban J connectivity index is 1.91. The molecule has 0 atom stereocenters. The first-order chi connectivity index (χ1) is 9.15. The predicted molar refractivity (Wildman–Crippen MR) is 69.1 cm³/mol. The van der Waals surface area contributed by atoms with Crippen LogP contribution in [-0.2, 0) is 11.4 Å². The van der Waals surface area contributed by atoms with E-state index in [1.807, 2.05) is 0 Å². The second kappa shape index (κ2) is 6.29. The van der Waals surface area contributed by atoms with Gasteiger partial charge in [-0.25, -0.2) is 8.78 Å². The first kappa shape index (κ1) is 13.5. The molecule has 0 spiro atoms. The maximum atomic E-state index is 13.2. The SMILES string of the molecule is Fc1ccc(CO/N=[C]\c2ccc(Cl)cc2)c(F)c1. The summed E-state index contributed by atoms with van der Waals surface area (Å²) in [7, 11) is 0. The fourth-order valence-corrected chi connectivity index (χ4v) is 1.48. The molecule has 0 saturated heterocycles. The zero-order chi connectivity index (χ0) is 13.7. The summed E-state index contributed by atoms with van der Waals surface area (Å²) in [6.07, 6.45) is 2.62. The fraction of sp³-hybridized carbons (Fsp3) is 0.0714. The molecule has 0 heterocycles. The van der Waals surface area contributed by atoms with E-state index in [9.17, 15) is 8.78 Å². The van der Waals surface area contributed by atoms with Gasteiger partial charge in [0.25, 0.3) is 0 Å². The number of nitrogens with zero attached hydrogens (tertiary/aromatic N) is 1. The third-order valence-electron chi connectivity index (χ3n) is 2.32. The maximum Gasteiger partial charge on any atom is 0.145 e. The summed E-state index contributed by atoms with van der Waals surface area (Å²) in [5.41, 5.74) is 0.909. The van der Waals surface area contributed by atoms with Gasteiger partial charge in [0.2, 0.25) is 0 Å². The average Bonchev–Trinajstić information content (AvgIpc) is 2.39. The van der Waals surface area contributed by atoms with Crippen molar-refractivity contribution < 1.29 is 13.6 Å². The third-order valence-corrected chi connectivity index (χ3v) is 2.57. The lowest BCUT2D eigenvalue weighted by Crippen LogP contribution is -1.93. The molecule has 0 aliphatic rings. The zero-order valence-electron chi connectivity index (χ0n) is 9.74.